The largest absolute Gasteiger partial charge is 0.493 e. The maximum absolute atomic E-state index is 11.1. The van der Waals surface area contributed by atoms with Gasteiger partial charge in [-0.15, -0.1) is 0 Å². The summed E-state index contributed by atoms with van der Waals surface area (Å²) in [7, 11) is 5.70. The highest BCUT2D eigenvalue weighted by Crippen LogP contribution is 2.36. The molecule has 114 valence electrons. The molecule has 1 aliphatic rings. The summed E-state index contributed by atoms with van der Waals surface area (Å²) in [5, 5.41) is 18.8. The van der Waals surface area contributed by atoms with Crippen LogP contribution in [-0.2, 0) is 12.1 Å². The van der Waals surface area contributed by atoms with E-state index in [1.807, 2.05) is 18.8 Å². The quantitative estimate of drug-likeness (QED) is 0.819. The molecular weight excluding hydrogens is 256 g/mol. The van der Waals surface area contributed by atoms with Crippen LogP contribution in [0.5, 0.6) is 5.75 Å². The van der Waals surface area contributed by atoms with Crippen LogP contribution < -0.4 is 10.1 Å². The highest BCUT2D eigenvalue weighted by molar-refractivity contribution is 5.31. The Bertz CT molecular complexity index is 423. The van der Waals surface area contributed by atoms with Crippen molar-refractivity contribution in [1.82, 2.24) is 20.0 Å². The molecule has 6 heteroatoms. The van der Waals surface area contributed by atoms with Gasteiger partial charge in [-0.25, -0.2) is 0 Å². The smallest absolute Gasteiger partial charge is 0.162 e. The molecule has 1 fully saturated rings. The summed E-state index contributed by atoms with van der Waals surface area (Å²) in [5.41, 5.74) is -0.0250. The van der Waals surface area contributed by atoms with E-state index in [-0.39, 0.29) is 0 Å². The lowest BCUT2D eigenvalue weighted by molar-refractivity contribution is 0.0125. The molecule has 0 aliphatic carbocycles. The van der Waals surface area contributed by atoms with Crippen molar-refractivity contribution in [2.24, 2.45) is 0 Å². The fraction of sp³-hybridized carbons (Fsp3) is 0.786. The van der Waals surface area contributed by atoms with Gasteiger partial charge in [0.25, 0.3) is 0 Å². The molecule has 1 saturated heterocycles. The first-order chi connectivity index (χ1) is 9.57. The average Bonchev–Trinajstić information content (AvgIpc) is 2.72. The topological polar surface area (TPSA) is 62.5 Å². The van der Waals surface area contributed by atoms with Gasteiger partial charge in [0.15, 0.2) is 5.75 Å². The van der Waals surface area contributed by atoms with Gasteiger partial charge in [0.05, 0.1) is 19.9 Å². The van der Waals surface area contributed by atoms with Crippen LogP contribution >= 0.6 is 0 Å². The normalized spacial score (nSPS) is 23.9. The van der Waals surface area contributed by atoms with Crippen LogP contribution in [0.2, 0.25) is 0 Å². The number of aliphatic hydroxyl groups is 1. The Morgan fingerprint density at radius 2 is 2.25 bits per heavy atom. The van der Waals surface area contributed by atoms with E-state index in [0.717, 1.165) is 44.7 Å². The Labute approximate surface area is 120 Å². The first kappa shape index (κ1) is 15.3. The molecule has 1 aliphatic heterocycles. The van der Waals surface area contributed by atoms with Crippen LogP contribution in [0.1, 0.15) is 25.0 Å². The third-order valence-electron chi connectivity index (χ3n) is 3.88. The van der Waals surface area contributed by atoms with E-state index in [0.29, 0.717) is 12.2 Å². The SMILES string of the molecule is COc1cnn(CCN(C)C)c1C1(O)CCCNCC1. The van der Waals surface area contributed by atoms with E-state index in [1.165, 1.54) is 0 Å². The fourth-order valence-electron chi connectivity index (χ4n) is 2.74. The zero-order valence-corrected chi connectivity index (χ0v) is 12.7. The molecule has 1 aromatic heterocycles. The van der Waals surface area contributed by atoms with Gasteiger partial charge in [0.1, 0.15) is 11.3 Å². The lowest BCUT2D eigenvalue weighted by Crippen LogP contribution is -2.32. The molecule has 0 saturated carbocycles. The van der Waals surface area contributed by atoms with Crippen LogP contribution in [0, 0.1) is 0 Å². The molecule has 2 N–H and O–H groups in total. The van der Waals surface area contributed by atoms with Crippen molar-refractivity contribution in [3.63, 3.8) is 0 Å². The first-order valence-corrected chi connectivity index (χ1v) is 7.25. The van der Waals surface area contributed by atoms with Gasteiger partial charge in [-0.3, -0.25) is 4.68 Å². The number of nitrogens with zero attached hydrogens (tertiary/aromatic N) is 3. The van der Waals surface area contributed by atoms with Gasteiger partial charge in [0, 0.05) is 6.54 Å². The molecule has 0 radical (unpaired) electrons. The highest BCUT2D eigenvalue weighted by Gasteiger charge is 2.36. The molecule has 1 unspecified atom stereocenters. The second-order valence-corrected chi connectivity index (χ2v) is 5.72. The molecular formula is C14H26N4O2. The van der Waals surface area contributed by atoms with Crippen LogP contribution in [-0.4, -0.2) is 60.6 Å². The molecule has 2 rings (SSSR count). The average molecular weight is 282 g/mol. The first-order valence-electron chi connectivity index (χ1n) is 7.25. The lowest BCUT2D eigenvalue weighted by Gasteiger charge is -2.28. The van der Waals surface area contributed by atoms with Crippen molar-refractivity contribution in [1.29, 1.82) is 0 Å². The molecule has 2 heterocycles. The fourth-order valence-corrected chi connectivity index (χ4v) is 2.74. The summed E-state index contributed by atoms with van der Waals surface area (Å²) in [6.07, 6.45) is 4.10. The second-order valence-electron chi connectivity index (χ2n) is 5.72. The second kappa shape index (κ2) is 6.56. The van der Waals surface area contributed by atoms with Gasteiger partial charge >= 0.3 is 0 Å². The van der Waals surface area contributed by atoms with Gasteiger partial charge in [-0.1, -0.05) is 0 Å². The summed E-state index contributed by atoms with van der Waals surface area (Å²) < 4.78 is 7.31. The van der Waals surface area contributed by atoms with E-state index in [2.05, 4.69) is 15.3 Å². The molecule has 6 nitrogen and oxygen atoms in total. The Morgan fingerprint density at radius 3 is 2.95 bits per heavy atom. The van der Waals surface area contributed by atoms with Gasteiger partial charge in [-0.2, -0.15) is 5.10 Å². The molecule has 1 atom stereocenters. The van der Waals surface area contributed by atoms with E-state index in [4.69, 9.17) is 4.74 Å². The minimum Gasteiger partial charge on any atom is -0.493 e. The Hall–Kier alpha value is -1.11. The Kier molecular flexibility index (Phi) is 5.01. The molecule has 0 bridgehead atoms. The molecule has 1 aromatic rings. The maximum Gasteiger partial charge on any atom is 0.162 e. The Balaban J connectivity index is 2.28. The van der Waals surface area contributed by atoms with Crippen molar-refractivity contribution >= 4 is 0 Å². The number of nitrogens with one attached hydrogen (secondary N) is 1. The summed E-state index contributed by atoms with van der Waals surface area (Å²) in [5.74, 6) is 0.688. The zero-order valence-electron chi connectivity index (χ0n) is 12.7. The summed E-state index contributed by atoms with van der Waals surface area (Å²) in [6.45, 7) is 3.41. The van der Waals surface area contributed by atoms with Gasteiger partial charge in [0.2, 0.25) is 0 Å². The van der Waals surface area contributed by atoms with E-state index in [9.17, 15) is 5.11 Å². The van der Waals surface area contributed by atoms with Crippen LogP contribution in [0.25, 0.3) is 0 Å². The van der Waals surface area contributed by atoms with E-state index < -0.39 is 5.60 Å². The van der Waals surface area contributed by atoms with Gasteiger partial charge < -0.3 is 20.1 Å². The Morgan fingerprint density at radius 1 is 1.45 bits per heavy atom. The summed E-state index contributed by atoms with van der Waals surface area (Å²) in [4.78, 5) is 2.11. The van der Waals surface area contributed by atoms with Crippen molar-refractivity contribution in [3.8, 4) is 5.75 Å². The molecule has 0 aromatic carbocycles. The lowest BCUT2D eigenvalue weighted by atomic mass is 9.90. The monoisotopic (exact) mass is 282 g/mol. The third kappa shape index (κ3) is 3.31. The van der Waals surface area contributed by atoms with Gasteiger partial charge in [-0.05, 0) is 46.4 Å². The van der Waals surface area contributed by atoms with E-state index in [1.54, 1.807) is 13.3 Å². The number of ether oxygens (including phenoxy) is 1. The summed E-state index contributed by atoms with van der Waals surface area (Å²) >= 11 is 0. The van der Waals surface area contributed by atoms with Crippen LogP contribution in [0.4, 0.5) is 0 Å². The number of aromatic nitrogens is 2. The number of likely N-dealkylation sites (N-methyl/N-ethyl adjacent to an activating group) is 1. The predicted molar refractivity (Wildman–Crippen MR) is 78.0 cm³/mol. The number of hydrogen-bond acceptors (Lipinski definition) is 5. The van der Waals surface area contributed by atoms with E-state index >= 15 is 0 Å². The predicted octanol–water partition coefficient (Wildman–Crippen LogP) is 0.414. The molecule has 20 heavy (non-hydrogen) atoms. The molecule has 0 amide bonds. The minimum atomic E-state index is -0.850. The minimum absolute atomic E-state index is 0.688. The number of methoxy groups -OCH3 is 1. The highest BCUT2D eigenvalue weighted by atomic mass is 16.5. The van der Waals surface area contributed by atoms with Crippen LogP contribution in [0.3, 0.4) is 0 Å². The molecule has 0 spiro atoms. The van der Waals surface area contributed by atoms with Crippen molar-refractivity contribution in [2.45, 2.75) is 31.4 Å². The standard InChI is InChI=1S/C14H26N4O2/c1-17(2)9-10-18-13(12(20-3)11-16-18)14(19)5-4-7-15-8-6-14/h11,15,19H,4-10H2,1-3H3. The van der Waals surface area contributed by atoms with Crippen molar-refractivity contribution < 1.29 is 9.84 Å². The van der Waals surface area contributed by atoms with Crippen LogP contribution in [0.15, 0.2) is 6.20 Å². The third-order valence-corrected chi connectivity index (χ3v) is 3.88. The zero-order chi connectivity index (χ0) is 14.6. The number of rotatable bonds is 5. The van der Waals surface area contributed by atoms with Crippen molar-refractivity contribution in [2.75, 3.05) is 40.8 Å². The van der Waals surface area contributed by atoms with Crippen molar-refractivity contribution in [3.05, 3.63) is 11.9 Å². The maximum atomic E-state index is 11.1. The number of hydrogen-bond donors (Lipinski definition) is 2. The summed E-state index contributed by atoms with van der Waals surface area (Å²) in [6, 6.07) is 0.